The van der Waals surface area contributed by atoms with Crippen molar-refractivity contribution in [3.63, 3.8) is 0 Å². The summed E-state index contributed by atoms with van der Waals surface area (Å²) >= 11 is 0. The van der Waals surface area contributed by atoms with Crippen molar-refractivity contribution in [2.24, 2.45) is 5.92 Å². The van der Waals surface area contributed by atoms with Crippen LogP contribution in [0.2, 0.25) is 0 Å². The average Bonchev–Trinajstić information content (AvgIpc) is 2.94. The summed E-state index contributed by atoms with van der Waals surface area (Å²) in [7, 11) is 2.55. The summed E-state index contributed by atoms with van der Waals surface area (Å²) in [6.45, 7) is 0. The quantitative estimate of drug-likeness (QED) is 0.710. The molecule has 1 aliphatic rings. The Morgan fingerprint density at radius 1 is 1.15 bits per heavy atom. The standard InChI is InChI=1S/C14H23NO5/c1-19-13(17)8-7-11(14(18)20-2)15-12(16)9-10-5-3-4-6-10/h10-11H,3-9H2,1-2H3,(H,15,16)/t11-/m1/s1. The van der Waals surface area contributed by atoms with Crippen LogP contribution in [0.25, 0.3) is 0 Å². The number of hydrogen-bond donors (Lipinski definition) is 1. The highest BCUT2D eigenvalue weighted by Crippen LogP contribution is 2.27. The fraction of sp³-hybridized carbons (Fsp3) is 0.786. The van der Waals surface area contributed by atoms with Gasteiger partial charge in [-0.1, -0.05) is 12.8 Å². The minimum absolute atomic E-state index is 0.0694. The first-order valence-corrected chi connectivity index (χ1v) is 7.00. The van der Waals surface area contributed by atoms with Gasteiger partial charge in [-0.2, -0.15) is 0 Å². The van der Waals surface area contributed by atoms with Crippen molar-refractivity contribution in [1.82, 2.24) is 5.32 Å². The van der Waals surface area contributed by atoms with E-state index < -0.39 is 18.0 Å². The molecule has 0 bridgehead atoms. The summed E-state index contributed by atoms with van der Waals surface area (Å²) in [6.07, 6.45) is 5.17. The second-order valence-electron chi connectivity index (χ2n) is 5.11. The maximum atomic E-state index is 11.9. The number of amides is 1. The fourth-order valence-electron chi connectivity index (χ4n) is 2.49. The molecule has 1 aliphatic carbocycles. The van der Waals surface area contributed by atoms with Crippen molar-refractivity contribution < 1.29 is 23.9 Å². The second kappa shape index (κ2) is 8.55. The highest BCUT2D eigenvalue weighted by Gasteiger charge is 2.25. The van der Waals surface area contributed by atoms with Gasteiger partial charge in [0.15, 0.2) is 0 Å². The molecule has 114 valence electrons. The Balaban J connectivity index is 2.43. The van der Waals surface area contributed by atoms with Gasteiger partial charge < -0.3 is 14.8 Å². The molecule has 0 unspecified atom stereocenters. The number of nitrogens with one attached hydrogen (secondary N) is 1. The maximum Gasteiger partial charge on any atom is 0.328 e. The van der Waals surface area contributed by atoms with Crippen LogP contribution in [0.15, 0.2) is 0 Å². The molecule has 1 N–H and O–H groups in total. The third-order valence-electron chi connectivity index (χ3n) is 3.63. The zero-order valence-electron chi connectivity index (χ0n) is 12.1. The lowest BCUT2D eigenvalue weighted by Crippen LogP contribution is -2.42. The van der Waals surface area contributed by atoms with E-state index in [1.54, 1.807) is 0 Å². The predicted octanol–water partition coefficient (Wildman–Crippen LogP) is 1.18. The van der Waals surface area contributed by atoms with E-state index in [1.165, 1.54) is 27.1 Å². The van der Waals surface area contributed by atoms with Gasteiger partial charge >= 0.3 is 11.9 Å². The smallest absolute Gasteiger partial charge is 0.328 e. The first-order valence-electron chi connectivity index (χ1n) is 7.00. The predicted molar refractivity (Wildman–Crippen MR) is 71.8 cm³/mol. The van der Waals surface area contributed by atoms with Gasteiger partial charge in [0.2, 0.25) is 5.91 Å². The highest BCUT2D eigenvalue weighted by atomic mass is 16.5. The van der Waals surface area contributed by atoms with Crippen LogP contribution in [0.1, 0.15) is 44.9 Å². The van der Waals surface area contributed by atoms with E-state index in [-0.39, 0.29) is 18.7 Å². The van der Waals surface area contributed by atoms with E-state index >= 15 is 0 Å². The number of rotatable bonds is 7. The van der Waals surface area contributed by atoms with Gasteiger partial charge in [-0.25, -0.2) is 4.79 Å². The molecule has 6 nitrogen and oxygen atoms in total. The zero-order chi connectivity index (χ0) is 15.0. The van der Waals surface area contributed by atoms with Crippen LogP contribution in [-0.4, -0.2) is 38.1 Å². The molecule has 1 saturated carbocycles. The van der Waals surface area contributed by atoms with E-state index in [0.717, 1.165) is 12.8 Å². The number of hydrogen-bond acceptors (Lipinski definition) is 5. The average molecular weight is 285 g/mol. The molecule has 0 saturated heterocycles. The molecule has 1 amide bonds. The van der Waals surface area contributed by atoms with Crippen molar-refractivity contribution in [2.45, 2.75) is 51.0 Å². The molecule has 0 aliphatic heterocycles. The molecule has 0 aromatic heterocycles. The summed E-state index contributed by atoms with van der Waals surface area (Å²) < 4.78 is 9.17. The SMILES string of the molecule is COC(=O)CC[C@@H](NC(=O)CC1CCCC1)C(=O)OC. The molecular formula is C14H23NO5. The van der Waals surface area contributed by atoms with Gasteiger partial charge in [0, 0.05) is 12.8 Å². The minimum atomic E-state index is -0.784. The van der Waals surface area contributed by atoms with Crippen LogP contribution < -0.4 is 5.32 Å². The molecule has 0 spiro atoms. The Morgan fingerprint density at radius 2 is 1.80 bits per heavy atom. The molecule has 0 aromatic rings. The number of esters is 2. The largest absolute Gasteiger partial charge is 0.469 e. The Hall–Kier alpha value is -1.59. The summed E-state index contributed by atoms with van der Waals surface area (Å²) in [5.41, 5.74) is 0. The van der Waals surface area contributed by atoms with Gasteiger partial charge in [0.1, 0.15) is 6.04 Å². The number of methoxy groups -OCH3 is 2. The third-order valence-corrected chi connectivity index (χ3v) is 3.63. The van der Waals surface area contributed by atoms with Gasteiger partial charge in [0.05, 0.1) is 14.2 Å². The Kier molecular flexibility index (Phi) is 7.04. The van der Waals surface area contributed by atoms with Crippen LogP contribution in [0.5, 0.6) is 0 Å². The summed E-state index contributed by atoms with van der Waals surface area (Å²) in [5.74, 6) is -0.691. The zero-order valence-corrected chi connectivity index (χ0v) is 12.1. The van der Waals surface area contributed by atoms with Crippen LogP contribution in [0, 0.1) is 5.92 Å². The van der Waals surface area contributed by atoms with Gasteiger partial charge in [-0.15, -0.1) is 0 Å². The van der Waals surface area contributed by atoms with Crippen LogP contribution in [-0.2, 0) is 23.9 Å². The number of carbonyl (C=O) groups excluding carboxylic acids is 3. The molecule has 1 rings (SSSR count). The van der Waals surface area contributed by atoms with Crippen LogP contribution in [0.3, 0.4) is 0 Å². The van der Waals surface area contributed by atoms with Gasteiger partial charge in [-0.05, 0) is 25.2 Å². The summed E-state index contributed by atoms with van der Waals surface area (Å²) in [5, 5.41) is 2.65. The van der Waals surface area contributed by atoms with E-state index in [4.69, 9.17) is 0 Å². The van der Waals surface area contributed by atoms with Crippen molar-refractivity contribution in [2.75, 3.05) is 14.2 Å². The Labute approximate surface area is 119 Å². The lowest BCUT2D eigenvalue weighted by molar-refractivity contribution is -0.146. The molecule has 20 heavy (non-hydrogen) atoms. The summed E-state index contributed by atoms with van der Waals surface area (Å²) in [6, 6.07) is -0.784. The van der Waals surface area contributed by atoms with Crippen molar-refractivity contribution in [3.05, 3.63) is 0 Å². The number of ether oxygens (including phenoxy) is 2. The molecule has 6 heteroatoms. The number of carbonyl (C=O) groups is 3. The first-order chi connectivity index (χ1) is 9.56. The van der Waals surface area contributed by atoms with Crippen molar-refractivity contribution >= 4 is 17.8 Å². The monoisotopic (exact) mass is 285 g/mol. The molecule has 0 radical (unpaired) electrons. The molecule has 1 fully saturated rings. The maximum absolute atomic E-state index is 11.9. The van der Waals surface area contributed by atoms with E-state index in [9.17, 15) is 14.4 Å². The van der Waals surface area contributed by atoms with Gasteiger partial charge in [0.25, 0.3) is 0 Å². The van der Waals surface area contributed by atoms with E-state index in [1.807, 2.05) is 0 Å². The Bertz CT molecular complexity index is 349. The van der Waals surface area contributed by atoms with Crippen molar-refractivity contribution in [1.29, 1.82) is 0 Å². The second-order valence-corrected chi connectivity index (χ2v) is 5.11. The molecular weight excluding hydrogens is 262 g/mol. The Morgan fingerprint density at radius 3 is 2.35 bits per heavy atom. The first kappa shape index (κ1) is 16.5. The lowest BCUT2D eigenvalue weighted by atomic mass is 10.0. The van der Waals surface area contributed by atoms with Crippen LogP contribution >= 0.6 is 0 Å². The summed E-state index contributed by atoms with van der Waals surface area (Å²) in [4.78, 5) is 34.6. The third kappa shape index (κ3) is 5.59. The lowest BCUT2D eigenvalue weighted by Gasteiger charge is -2.17. The molecule has 1 atom stereocenters. The fourth-order valence-corrected chi connectivity index (χ4v) is 2.49. The highest BCUT2D eigenvalue weighted by molar-refractivity contribution is 5.85. The van der Waals surface area contributed by atoms with Crippen LogP contribution in [0.4, 0.5) is 0 Å². The minimum Gasteiger partial charge on any atom is -0.469 e. The molecule has 0 heterocycles. The van der Waals surface area contributed by atoms with E-state index in [2.05, 4.69) is 14.8 Å². The topological polar surface area (TPSA) is 81.7 Å². The van der Waals surface area contributed by atoms with Gasteiger partial charge in [-0.3, -0.25) is 9.59 Å². The van der Waals surface area contributed by atoms with Crippen molar-refractivity contribution in [3.8, 4) is 0 Å². The van der Waals surface area contributed by atoms with E-state index in [0.29, 0.717) is 12.3 Å². The molecule has 0 aromatic carbocycles. The normalized spacial score (nSPS) is 16.5.